The highest BCUT2D eigenvalue weighted by atomic mass is 32.1. The van der Waals surface area contributed by atoms with Crippen LogP contribution in [0.5, 0.6) is 0 Å². The van der Waals surface area contributed by atoms with Gasteiger partial charge in [0, 0.05) is 18.4 Å². The van der Waals surface area contributed by atoms with Gasteiger partial charge in [0.05, 0.1) is 0 Å². The van der Waals surface area contributed by atoms with Crippen molar-refractivity contribution in [1.29, 1.82) is 0 Å². The molecule has 2 rings (SSSR count). The van der Waals surface area contributed by atoms with E-state index in [0.29, 0.717) is 0 Å². The summed E-state index contributed by atoms with van der Waals surface area (Å²) in [6.45, 7) is 2.15. The first-order valence-corrected chi connectivity index (χ1v) is 7.19. The zero-order valence-corrected chi connectivity index (χ0v) is 11.4. The fraction of sp³-hybridized carbons (Fsp3) is 0.357. The second kappa shape index (κ2) is 6.64. The highest BCUT2D eigenvalue weighted by molar-refractivity contribution is 7.07. The minimum Gasteiger partial charge on any atom is -0.271 e. The first kappa shape index (κ1) is 13.2. The lowest BCUT2D eigenvalue weighted by molar-refractivity contribution is 0.512. The minimum absolute atomic E-state index is 0.197. The van der Waals surface area contributed by atoms with Crippen molar-refractivity contribution in [2.24, 2.45) is 5.84 Å². The molecule has 0 aliphatic rings. The number of hydrogen-bond donors (Lipinski definition) is 2. The number of aromatic nitrogens is 1. The molecule has 0 radical (unpaired) electrons. The predicted octanol–water partition coefficient (Wildman–Crippen LogP) is 2.84. The van der Waals surface area contributed by atoms with E-state index in [1.54, 1.807) is 11.3 Å². The van der Waals surface area contributed by atoms with Crippen LogP contribution in [0.2, 0.25) is 0 Å². The number of nitrogens with one attached hydrogen (secondary N) is 1. The number of nitrogens with two attached hydrogens (primary N) is 1. The third-order valence-electron chi connectivity index (χ3n) is 3.20. The highest BCUT2D eigenvalue weighted by Crippen LogP contribution is 2.22. The van der Waals surface area contributed by atoms with Gasteiger partial charge in [-0.2, -0.15) is 11.3 Å². The number of hydrogen-bond acceptors (Lipinski definition) is 4. The molecule has 0 aliphatic heterocycles. The molecule has 0 spiro atoms. The molecular weight excluding hydrogens is 242 g/mol. The van der Waals surface area contributed by atoms with Crippen LogP contribution in [0.25, 0.3) is 0 Å². The summed E-state index contributed by atoms with van der Waals surface area (Å²) in [4.78, 5) is 4.18. The van der Waals surface area contributed by atoms with E-state index >= 15 is 0 Å². The Balaban J connectivity index is 2.08. The average molecular weight is 261 g/mol. The van der Waals surface area contributed by atoms with Crippen LogP contribution in [0.15, 0.2) is 35.3 Å². The van der Waals surface area contributed by atoms with Crippen molar-refractivity contribution >= 4 is 11.3 Å². The van der Waals surface area contributed by atoms with E-state index in [4.69, 9.17) is 5.84 Å². The van der Waals surface area contributed by atoms with Gasteiger partial charge in [-0.1, -0.05) is 6.92 Å². The highest BCUT2D eigenvalue weighted by Gasteiger charge is 2.13. The van der Waals surface area contributed by atoms with Crippen molar-refractivity contribution in [2.75, 3.05) is 0 Å². The molecule has 3 nitrogen and oxygen atoms in total. The molecule has 0 saturated heterocycles. The van der Waals surface area contributed by atoms with E-state index in [2.05, 4.69) is 40.2 Å². The van der Waals surface area contributed by atoms with Gasteiger partial charge in [0.15, 0.2) is 0 Å². The van der Waals surface area contributed by atoms with E-state index in [9.17, 15) is 0 Å². The maximum atomic E-state index is 5.70. The lowest BCUT2D eigenvalue weighted by atomic mass is 9.96. The van der Waals surface area contributed by atoms with Crippen molar-refractivity contribution in [3.63, 3.8) is 0 Å². The van der Waals surface area contributed by atoms with Crippen LogP contribution in [-0.2, 0) is 12.8 Å². The van der Waals surface area contributed by atoms with E-state index < -0.39 is 0 Å². The number of pyridine rings is 1. The van der Waals surface area contributed by atoms with E-state index in [-0.39, 0.29) is 6.04 Å². The monoisotopic (exact) mass is 261 g/mol. The third kappa shape index (κ3) is 3.16. The first-order valence-electron chi connectivity index (χ1n) is 6.25. The first-order chi connectivity index (χ1) is 8.85. The van der Waals surface area contributed by atoms with Gasteiger partial charge in [-0.05, 0) is 58.8 Å². The van der Waals surface area contributed by atoms with Gasteiger partial charge in [-0.15, -0.1) is 0 Å². The molecule has 18 heavy (non-hydrogen) atoms. The lowest BCUT2D eigenvalue weighted by Crippen LogP contribution is -2.29. The standard InChI is InChI=1S/C14H19N3S/c1-2-12-9-16-7-5-13(12)14(17-15)4-3-11-6-8-18-10-11/h5-10,14,17H,2-4,15H2,1H3. The van der Waals surface area contributed by atoms with Gasteiger partial charge >= 0.3 is 0 Å². The Labute approximate surface area is 112 Å². The van der Waals surface area contributed by atoms with Crippen LogP contribution in [0, 0.1) is 0 Å². The van der Waals surface area contributed by atoms with Crippen LogP contribution in [0.3, 0.4) is 0 Å². The molecule has 0 saturated carbocycles. The average Bonchev–Trinajstić information content (AvgIpc) is 2.93. The zero-order chi connectivity index (χ0) is 12.8. The Kier molecular flexibility index (Phi) is 4.87. The molecule has 0 aromatic carbocycles. The predicted molar refractivity (Wildman–Crippen MR) is 76.3 cm³/mol. The molecule has 0 aliphatic carbocycles. The van der Waals surface area contributed by atoms with Gasteiger partial charge in [0.25, 0.3) is 0 Å². The van der Waals surface area contributed by atoms with Gasteiger partial charge in [-0.3, -0.25) is 16.3 Å². The number of rotatable bonds is 6. The third-order valence-corrected chi connectivity index (χ3v) is 3.93. The maximum absolute atomic E-state index is 5.70. The molecule has 3 N–H and O–H groups in total. The van der Waals surface area contributed by atoms with E-state index in [1.807, 2.05) is 12.4 Å². The largest absolute Gasteiger partial charge is 0.271 e. The van der Waals surface area contributed by atoms with Crippen LogP contribution in [0.1, 0.15) is 36.1 Å². The number of thiophene rings is 1. The molecular formula is C14H19N3S. The van der Waals surface area contributed by atoms with Crippen molar-refractivity contribution in [1.82, 2.24) is 10.4 Å². The molecule has 4 heteroatoms. The molecule has 2 aromatic heterocycles. The van der Waals surface area contributed by atoms with Crippen LogP contribution >= 0.6 is 11.3 Å². The minimum atomic E-state index is 0.197. The smallest absolute Gasteiger partial charge is 0.0467 e. The SMILES string of the molecule is CCc1cnccc1C(CCc1ccsc1)NN. The van der Waals surface area contributed by atoms with Crippen molar-refractivity contribution in [3.05, 3.63) is 52.0 Å². The second-order valence-corrected chi connectivity index (χ2v) is 5.10. The molecule has 1 unspecified atom stereocenters. The van der Waals surface area contributed by atoms with Crippen molar-refractivity contribution in [2.45, 2.75) is 32.2 Å². The van der Waals surface area contributed by atoms with Gasteiger partial charge in [-0.25, -0.2) is 0 Å². The fourth-order valence-corrected chi connectivity index (χ4v) is 2.85. The van der Waals surface area contributed by atoms with Crippen LogP contribution in [0.4, 0.5) is 0 Å². The van der Waals surface area contributed by atoms with Gasteiger partial charge in [0.1, 0.15) is 0 Å². The summed E-state index contributed by atoms with van der Waals surface area (Å²) in [6.07, 6.45) is 6.81. The molecule has 0 fully saturated rings. The summed E-state index contributed by atoms with van der Waals surface area (Å²) in [6, 6.07) is 4.44. The Bertz CT molecular complexity index is 468. The van der Waals surface area contributed by atoms with Gasteiger partial charge in [0.2, 0.25) is 0 Å². The molecule has 0 amide bonds. The summed E-state index contributed by atoms with van der Waals surface area (Å²) in [5.74, 6) is 5.70. The molecule has 1 atom stereocenters. The molecule has 96 valence electrons. The van der Waals surface area contributed by atoms with Crippen molar-refractivity contribution in [3.8, 4) is 0 Å². The lowest BCUT2D eigenvalue weighted by Gasteiger charge is -2.18. The quantitative estimate of drug-likeness (QED) is 0.621. The normalized spacial score (nSPS) is 12.6. The number of aryl methyl sites for hydroxylation is 2. The Morgan fingerprint density at radius 1 is 1.44 bits per heavy atom. The molecule has 2 aromatic rings. The number of nitrogens with zero attached hydrogens (tertiary/aromatic N) is 1. The van der Waals surface area contributed by atoms with E-state index in [0.717, 1.165) is 19.3 Å². The Morgan fingerprint density at radius 3 is 3.00 bits per heavy atom. The van der Waals surface area contributed by atoms with E-state index in [1.165, 1.54) is 16.7 Å². The maximum Gasteiger partial charge on any atom is 0.0467 e. The number of hydrazine groups is 1. The molecule has 0 bridgehead atoms. The summed E-state index contributed by atoms with van der Waals surface area (Å²) in [7, 11) is 0. The van der Waals surface area contributed by atoms with Gasteiger partial charge < -0.3 is 0 Å². The summed E-state index contributed by atoms with van der Waals surface area (Å²) in [5.41, 5.74) is 6.85. The zero-order valence-electron chi connectivity index (χ0n) is 10.6. The Hall–Kier alpha value is -1.23. The summed E-state index contributed by atoms with van der Waals surface area (Å²) in [5, 5.41) is 4.31. The topological polar surface area (TPSA) is 50.9 Å². The summed E-state index contributed by atoms with van der Waals surface area (Å²) >= 11 is 1.74. The molecule has 2 heterocycles. The Morgan fingerprint density at radius 2 is 2.33 bits per heavy atom. The second-order valence-electron chi connectivity index (χ2n) is 4.32. The van der Waals surface area contributed by atoms with Crippen molar-refractivity contribution < 1.29 is 0 Å². The fourth-order valence-electron chi connectivity index (χ4n) is 2.15. The summed E-state index contributed by atoms with van der Waals surface area (Å²) < 4.78 is 0. The van der Waals surface area contributed by atoms with Crippen LogP contribution < -0.4 is 11.3 Å². The van der Waals surface area contributed by atoms with Crippen LogP contribution in [-0.4, -0.2) is 4.98 Å².